The highest BCUT2D eigenvalue weighted by Gasteiger charge is 2.62. The van der Waals surface area contributed by atoms with E-state index in [0.29, 0.717) is 11.5 Å². The van der Waals surface area contributed by atoms with Crippen LogP contribution in [0.15, 0.2) is 24.3 Å². The first-order valence-corrected chi connectivity index (χ1v) is 10.2. The molecular formula is C22H30ClNO. The van der Waals surface area contributed by atoms with Crippen LogP contribution in [0.2, 0.25) is 5.02 Å². The lowest BCUT2D eigenvalue weighted by Crippen LogP contribution is -2.52. The monoisotopic (exact) mass is 359 g/mol. The molecule has 2 nitrogen and oxygen atoms in total. The Kier molecular flexibility index (Phi) is 3.99. The maximum Gasteiger partial charge on any atom is 0.230 e. The Balaban J connectivity index is 1.60. The van der Waals surface area contributed by atoms with Crippen LogP contribution in [0.5, 0.6) is 0 Å². The molecule has 3 saturated carbocycles. The van der Waals surface area contributed by atoms with Gasteiger partial charge in [0.05, 0.1) is 5.41 Å². The molecule has 1 N–H and O–H groups in total. The second kappa shape index (κ2) is 5.74. The highest BCUT2D eigenvalue weighted by atomic mass is 35.5. The van der Waals surface area contributed by atoms with Crippen molar-refractivity contribution in [3.8, 4) is 0 Å². The lowest BCUT2D eigenvalue weighted by molar-refractivity contribution is -0.128. The van der Waals surface area contributed by atoms with Crippen molar-refractivity contribution in [3.63, 3.8) is 0 Å². The first kappa shape index (κ1) is 17.4. The van der Waals surface area contributed by atoms with Gasteiger partial charge in [0.15, 0.2) is 0 Å². The predicted octanol–water partition coefficient (Wildman–Crippen LogP) is 5.48. The number of nitrogens with one attached hydrogen (secondary N) is 1. The third kappa shape index (κ3) is 2.40. The van der Waals surface area contributed by atoms with Crippen molar-refractivity contribution in [2.24, 2.45) is 16.7 Å². The number of amides is 1. The third-order valence-electron chi connectivity index (χ3n) is 8.39. The quantitative estimate of drug-likeness (QED) is 0.760. The van der Waals surface area contributed by atoms with E-state index in [1.165, 1.54) is 12.8 Å². The fourth-order valence-corrected chi connectivity index (χ4v) is 6.24. The average molecular weight is 360 g/mol. The van der Waals surface area contributed by atoms with Crippen LogP contribution in [0.3, 0.4) is 0 Å². The molecule has 136 valence electrons. The number of halogens is 1. The smallest absolute Gasteiger partial charge is 0.230 e. The number of fused-ring (bicyclic) bond motifs is 2. The van der Waals surface area contributed by atoms with E-state index in [2.05, 4.69) is 38.2 Å². The second-order valence-corrected chi connectivity index (χ2v) is 9.87. The molecule has 0 unspecified atom stereocenters. The zero-order valence-electron chi connectivity index (χ0n) is 15.7. The molecule has 0 aliphatic heterocycles. The Labute approximate surface area is 156 Å². The Hall–Kier alpha value is -1.02. The van der Waals surface area contributed by atoms with E-state index in [4.69, 9.17) is 11.6 Å². The predicted molar refractivity (Wildman–Crippen MR) is 103 cm³/mol. The minimum absolute atomic E-state index is 0.229. The van der Waals surface area contributed by atoms with Crippen LogP contribution in [0.25, 0.3) is 0 Å². The lowest BCUT2D eigenvalue weighted by Gasteiger charge is -2.41. The molecule has 1 aromatic rings. The molecule has 1 aromatic carbocycles. The van der Waals surface area contributed by atoms with Crippen LogP contribution in [-0.2, 0) is 10.2 Å². The number of hydrogen-bond acceptors (Lipinski definition) is 1. The molecule has 3 atom stereocenters. The fourth-order valence-electron chi connectivity index (χ4n) is 6.11. The lowest BCUT2D eigenvalue weighted by atomic mass is 9.68. The van der Waals surface area contributed by atoms with Crippen molar-refractivity contribution in [1.29, 1.82) is 0 Å². The first-order chi connectivity index (χ1) is 11.8. The van der Waals surface area contributed by atoms with Gasteiger partial charge in [-0.2, -0.15) is 0 Å². The van der Waals surface area contributed by atoms with Crippen molar-refractivity contribution in [1.82, 2.24) is 5.32 Å². The summed E-state index contributed by atoms with van der Waals surface area (Å²) in [7, 11) is 0. The largest absolute Gasteiger partial charge is 0.352 e. The average Bonchev–Trinajstić information content (AvgIpc) is 3.20. The molecular weight excluding hydrogens is 330 g/mol. The van der Waals surface area contributed by atoms with Crippen LogP contribution in [0, 0.1) is 16.7 Å². The summed E-state index contributed by atoms with van der Waals surface area (Å²) in [6.45, 7) is 7.21. The second-order valence-electron chi connectivity index (χ2n) is 9.43. The van der Waals surface area contributed by atoms with Crippen molar-refractivity contribution < 1.29 is 4.79 Å². The van der Waals surface area contributed by atoms with Gasteiger partial charge in [-0.1, -0.05) is 57.3 Å². The van der Waals surface area contributed by atoms with E-state index in [-0.39, 0.29) is 16.7 Å². The third-order valence-corrected chi connectivity index (χ3v) is 8.64. The summed E-state index contributed by atoms with van der Waals surface area (Å²) in [4.78, 5) is 13.5. The number of carbonyl (C=O) groups is 1. The standard InChI is InChI=1S/C22H30ClNO/c1-20(2)16-10-13-21(20,3)18(14-16)24-19(25)22(11-4-5-12-22)15-6-8-17(23)9-7-15/h6-9,16,18H,4-5,10-14H2,1-3H3,(H,24,25)/t16-,18-,21-/m1/s1. The molecule has 3 heteroatoms. The molecule has 3 aliphatic carbocycles. The molecule has 2 bridgehead atoms. The van der Waals surface area contributed by atoms with Gasteiger partial charge in [0, 0.05) is 11.1 Å². The number of hydrogen-bond donors (Lipinski definition) is 1. The van der Waals surface area contributed by atoms with E-state index in [1.807, 2.05) is 12.1 Å². The minimum Gasteiger partial charge on any atom is -0.352 e. The van der Waals surface area contributed by atoms with Gasteiger partial charge in [-0.25, -0.2) is 0 Å². The van der Waals surface area contributed by atoms with Gasteiger partial charge in [-0.05, 0) is 66.5 Å². The maximum absolute atomic E-state index is 13.5. The molecule has 4 rings (SSSR count). The van der Waals surface area contributed by atoms with Crippen molar-refractivity contribution in [2.45, 2.75) is 77.2 Å². The Morgan fingerprint density at radius 2 is 1.72 bits per heavy atom. The fraction of sp³-hybridized carbons (Fsp3) is 0.682. The molecule has 3 fully saturated rings. The summed E-state index contributed by atoms with van der Waals surface area (Å²) in [5, 5.41) is 4.27. The van der Waals surface area contributed by atoms with Crippen LogP contribution in [0.1, 0.15) is 71.3 Å². The van der Waals surface area contributed by atoms with Gasteiger partial charge < -0.3 is 5.32 Å². The van der Waals surface area contributed by atoms with Crippen LogP contribution >= 0.6 is 11.6 Å². The van der Waals surface area contributed by atoms with E-state index in [1.54, 1.807) is 0 Å². The van der Waals surface area contributed by atoms with Crippen molar-refractivity contribution >= 4 is 17.5 Å². The van der Waals surface area contributed by atoms with Gasteiger partial charge in [0.25, 0.3) is 0 Å². The van der Waals surface area contributed by atoms with Crippen molar-refractivity contribution in [3.05, 3.63) is 34.9 Å². The van der Waals surface area contributed by atoms with Crippen LogP contribution in [-0.4, -0.2) is 11.9 Å². The van der Waals surface area contributed by atoms with Gasteiger partial charge in [0.1, 0.15) is 0 Å². The highest BCUT2D eigenvalue weighted by molar-refractivity contribution is 6.30. The summed E-state index contributed by atoms with van der Waals surface area (Å²) < 4.78 is 0. The van der Waals surface area contributed by atoms with Gasteiger partial charge >= 0.3 is 0 Å². The topological polar surface area (TPSA) is 29.1 Å². The van der Waals surface area contributed by atoms with Crippen LogP contribution < -0.4 is 5.32 Å². The zero-order valence-corrected chi connectivity index (χ0v) is 16.5. The van der Waals surface area contributed by atoms with E-state index < -0.39 is 0 Å². The van der Waals surface area contributed by atoms with E-state index in [0.717, 1.165) is 48.6 Å². The molecule has 25 heavy (non-hydrogen) atoms. The van der Waals surface area contributed by atoms with Crippen LogP contribution in [0.4, 0.5) is 0 Å². The Bertz CT molecular complexity index is 674. The SMILES string of the molecule is CC1(C)[C@@H]2CC[C@]1(C)[C@H](NC(=O)C1(c3ccc(Cl)cc3)CCCC1)C2. The van der Waals surface area contributed by atoms with Crippen molar-refractivity contribution in [2.75, 3.05) is 0 Å². The number of carbonyl (C=O) groups excluding carboxylic acids is 1. The number of benzene rings is 1. The number of rotatable bonds is 3. The molecule has 3 aliphatic rings. The minimum atomic E-state index is -0.354. The molecule has 0 aromatic heterocycles. The zero-order chi connectivity index (χ0) is 17.9. The van der Waals surface area contributed by atoms with Gasteiger partial charge in [-0.15, -0.1) is 0 Å². The first-order valence-electron chi connectivity index (χ1n) is 9.87. The maximum atomic E-state index is 13.5. The van der Waals surface area contributed by atoms with E-state index in [9.17, 15) is 4.79 Å². The Morgan fingerprint density at radius 3 is 2.24 bits per heavy atom. The summed E-state index contributed by atoms with van der Waals surface area (Å²) in [6.07, 6.45) is 7.87. The highest BCUT2D eigenvalue weighted by Crippen LogP contribution is 2.65. The van der Waals surface area contributed by atoms with Gasteiger partial charge in [0.2, 0.25) is 5.91 Å². The summed E-state index contributed by atoms with van der Waals surface area (Å²) >= 11 is 6.07. The van der Waals surface area contributed by atoms with E-state index >= 15 is 0 Å². The molecule has 0 heterocycles. The normalized spacial score (nSPS) is 35.0. The summed E-state index contributed by atoms with van der Waals surface area (Å²) in [5.74, 6) is 1.000. The molecule has 1 amide bonds. The molecule has 0 radical (unpaired) electrons. The Morgan fingerprint density at radius 1 is 1.08 bits per heavy atom. The molecule has 0 saturated heterocycles. The summed E-state index contributed by atoms with van der Waals surface area (Å²) in [5.41, 5.74) is 1.34. The van der Waals surface area contributed by atoms with Gasteiger partial charge in [-0.3, -0.25) is 4.79 Å². The molecule has 0 spiro atoms. The summed E-state index contributed by atoms with van der Waals surface area (Å²) in [6, 6.07) is 8.27.